The van der Waals surface area contributed by atoms with Gasteiger partial charge in [-0.3, -0.25) is 4.90 Å². The first-order chi connectivity index (χ1) is 10.9. The highest BCUT2D eigenvalue weighted by Gasteiger charge is 2.38. The molecule has 23 heavy (non-hydrogen) atoms. The molecular formula is C17H27N3O2S. The van der Waals surface area contributed by atoms with Gasteiger partial charge in [0.25, 0.3) is 0 Å². The van der Waals surface area contributed by atoms with E-state index in [1.807, 2.05) is 12.1 Å². The lowest BCUT2D eigenvalue weighted by Crippen LogP contribution is -2.38. The van der Waals surface area contributed by atoms with Crippen LogP contribution in [0.1, 0.15) is 24.8 Å². The Morgan fingerprint density at radius 1 is 1.26 bits per heavy atom. The summed E-state index contributed by atoms with van der Waals surface area (Å²) in [7, 11) is -0.240. The Balaban J connectivity index is 1.72. The molecule has 0 spiro atoms. The van der Waals surface area contributed by atoms with Gasteiger partial charge >= 0.3 is 0 Å². The van der Waals surface area contributed by atoms with E-state index < -0.39 is 10.0 Å². The highest BCUT2D eigenvalue weighted by molar-refractivity contribution is 7.89. The summed E-state index contributed by atoms with van der Waals surface area (Å²) in [5.41, 5.74) is 7.33. The van der Waals surface area contributed by atoms with Gasteiger partial charge in [-0.15, -0.1) is 0 Å². The Morgan fingerprint density at radius 2 is 2.04 bits per heavy atom. The summed E-state index contributed by atoms with van der Waals surface area (Å²) in [4.78, 5) is 2.80. The summed E-state index contributed by atoms with van der Waals surface area (Å²) < 4.78 is 25.8. The number of sulfonamides is 1. The first-order valence-corrected chi connectivity index (χ1v) is 9.81. The maximum atomic E-state index is 12.3. The minimum atomic E-state index is -3.37. The Bertz CT molecular complexity index is 660. The van der Waals surface area contributed by atoms with E-state index in [0.29, 0.717) is 22.8 Å². The minimum Gasteiger partial charge on any atom is -0.327 e. The molecule has 6 heteroatoms. The van der Waals surface area contributed by atoms with Crippen LogP contribution in [0.15, 0.2) is 29.2 Å². The quantitative estimate of drug-likeness (QED) is 0.904. The maximum absolute atomic E-state index is 12.3. The van der Waals surface area contributed by atoms with Crippen LogP contribution in [0.3, 0.4) is 0 Å². The predicted octanol–water partition coefficient (Wildman–Crippen LogP) is 1.50. The van der Waals surface area contributed by atoms with Crippen LogP contribution in [0.4, 0.5) is 0 Å². The van der Waals surface area contributed by atoms with E-state index in [4.69, 9.17) is 5.73 Å². The van der Waals surface area contributed by atoms with Crippen LogP contribution in [0.2, 0.25) is 0 Å². The maximum Gasteiger partial charge on any atom is 0.242 e. The fraction of sp³-hybridized carbons (Fsp3) is 0.647. The molecule has 3 unspecified atom stereocenters. The second-order valence-corrected chi connectivity index (χ2v) is 9.30. The van der Waals surface area contributed by atoms with Crippen LogP contribution in [-0.4, -0.2) is 50.8 Å². The van der Waals surface area contributed by atoms with Crippen LogP contribution in [-0.2, 0) is 16.6 Å². The van der Waals surface area contributed by atoms with Gasteiger partial charge in [-0.1, -0.05) is 18.6 Å². The molecule has 1 aliphatic carbocycles. The van der Waals surface area contributed by atoms with Gasteiger partial charge in [-0.2, -0.15) is 0 Å². The number of fused-ring (bicyclic) bond motifs is 1. The van der Waals surface area contributed by atoms with Crippen LogP contribution in [0.25, 0.3) is 0 Å². The number of nitrogens with two attached hydrogens (primary N) is 1. The van der Waals surface area contributed by atoms with E-state index in [1.54, 1.807) is 26.2 Å². The molecule has 128 valence electrons. The summed E-state index contributed by atoms with van der Waals surface area (Å²) in [5.74, 6) is 1.32. The van der Waals surface area contributed by atoms with Crippen molar-refractivity contribution >= 4 is 10.0 Å². The Labute approximate surface area is 139 Å². The van der Waals surface area contributed by atoms with Crippen molar-refractivity contribution in [2.75, 3.05) is 27.2 Å². The standard InChI is InChI=1S/C17H27N3O2S/c1-19(2)23(21,22)15-7-3-5-13(9-15)10-20-11-14-6-4-8-17(18)16(14)12-20/h3,5,7,9,14,16-17H,4,6,8,10-12,18H2,1-2H3. The zero-order chi connectivity index (χ0) is 16.6. The normalized spacial score (nSPS) is 29.0. The van der Waals surface area contributed by atoms with Crippen molar-refractivity contribution in [2.24, 2.45) is 17.6 Å². The lowest BCUT2D eigenvalue weighted by molar-refractivity contribution is 0.259. The van der Waals surface area contributed by atoms with Gasteiger partial charge in [0.2, 0.25) is 10.0 Å². The molecule has 1 saturated heterocycles. The van der Waals surface area contributed by atoms with E-state index in [-0.39, 0.29) is 0 Å². The van der Waals surface area contributed by atoms with E-state index in [0.717, 1.165) is 31.6 Å². The summed E-state index contributed by atoms with van der Waals surface area (Å²) in [6, 6.07) is 7.64. The number of nitrogens with zero attached hydrogens (tertiary/aromatic N) is 2. The molecule has 1 aromatic rings. The fourth-order valence-electron chi connectivity index (χ4n) is 4.01. The van der Waals surface area contributed by atoms with Crippen LogP contribution in [0.5, 0.6) is 0 Å². The molecule has 0 amide bonds. The molecule has 1 aromatic carbocycles. The average molecular weight is 337 g/mol. The molecule has 1 aliphatic heterocycles. The molecule has 3 atom stereocenters. The number of benzene rings is 1. The molecule has 3 rings (SSSR count). The zero-order valence-corrected chi connectivity index (χ0v) is 14.8. The predicted molar refractivity (Wildman–Crippen MR) is 91.4 cm³/mol. The van der Waals surface area contributed by atoms with Gasteiger partial charge in [0.05, 0.1) is 4.90 Å². The SMILES string of the molecule is CN(C)S(=O)(=O)c1cccc(CN2CC3CCCC(N)C3C2)c1. The lowest BCUT2D eigenvalue weighted by atomic mass is 9.78. The van der Waals surface area contributed by atoms with Crippen molar-refractivity contribution < 1.29 is 8.42 Å². The third-order valence-corrected chi connectivity index (χ3v) is 7.12. The van der Waals surface area contributed by atoms with Gasteiger partial charge in [0.15, 0.2) is 0 Å². The Morgan fingerprint density at radius 3 is 2.74 bits per heavy atom. The van der Waals surface area contributed by atoms with Crippen molar-refractivity contribution in [2.45, 2.75) is 36.7 Å². The Hall–Kier alpha value is -0.950. The third kappa shape index (κ3) is 3.45. The molecule has 0 aromatic heterocycles. The summed E-state index contributed by atoms with van der Waals surface area (Å²) in [6.07, 6.45) is 3.67. The fourth-order valence-corrected chi connectivity index (χ4v) is 4.98. The van der Waals surface area contributed by atoms with Gasteiger partial charge in [0, 0.05) is 39.8 Å². The highest BCUT2D eigenvalue weighted by atomic mass is 32.2. The van der Waals surface area contributed by atoms with Crippen molar-refractivity contribution in [3.8, 4) is 0 Å². The summed E-state index contributed by atoms with van der Waals surface area (Å²) in [5, 5.41) is 0. The summed E-state index contributed by atoms with van der Waals surface area (Å²) >= 11 is 0. The minimum absolute atomic E-state index is 0.333. The molecule has 0 bridgehead atoms. The topological polar surface area (TPSA) is 66.6 Å². The smallest absolute Gasteiger partial charge is 0.242 e. The van der Waals surface area contributed by atoms with Gasteiger partial charge in [0.1, 0.15) is 0 Å². The second kappa shape index (κ2) is 6.51. The van der Waals surface area contributed by atoms with Crippen LogP contribution < -0.4 is 5.73 Å². The third-order valence-electron chi connectivity index (χ3n) is 5.31. The molecule has 2 fully saturated rings. The first kappa shape index (κ1) is 16.9. The van der Waals surface area contributed by atoms with E-state index >= 15 is 0 Å². The number of hydrogen-bond donors (Lipinski definition) is 1. The molecule has 0 radical (unpaired) electrons. The summed E-state index contributed by atoms with van der Waals surface area (Å²) in [6.45, 7) is 2.93. The molecule has 1 saturated carbocycles. The van der Waals surface area contributed by atoms with Crippen molar-refractivity contribution in [3.05, 3.63) is 29.8 Å². The zero-order valence-electron chi connectivity index (χ0n) is 14.0. The van der Waals surface area contributed by atoms with Crippen molar-refractivity contribution in [1.29, 1.82) is 0 Å². The van der Waals surface area contributed by atoms with Crippen LogP contribution in [0, 0.1) is 11.8 Å². The van der Waals surface area contributed by atoms with E-state index in [2.05, 4.69) is 4.90 Å². The molecule has 2 aliphatic rings. The molecular weight excluding hydrogens is 310 g/mol. The molecule has 1 heterocycles. The first-order valence-electron chi connectivity index (χ1n) is 8.37. The molecule has 2 N–H and O–H groups in total. The largest absolute Gasteiger partial charge is 0.327 e. The van der Waals surface area contributed by atoms with Gasteiger partial charge in [-0.05, 0) is 42.4 Å². The average Bonchev–Trinajstić information content (AvgIpc) is 2.91. The highest BCUT2D eigenvalue weighted by Crippen LogP contribution is 2.36. The number of rotatable bonds is 4. The van der Waals surface area contributed by atoms with Gasteiger partial charge in [-0.25, -0.2) is 12.7 Å². The van der Waals surface area contributed by atoms with Gasteiger partial charge < -0.3 is 5.73 Å². The van der Waals surface area contributed by atoms with E-state index in [9.17, 15) is 8.42 Å². The van der Waals surface area contributed by atoms with Crippen molar-refractivity contribution in [1.82, 2.24) is 9.21 Å². The number of likely N-dealkylation sites (tertiary alicyclic amines) is 1. The molecule has 5 nitrogen and oxygen atoms in total. The number of hydrogen-bond acceptors (Lipinski definition) is 4. The van der Waals surface area contributed by atoms with E-state index in [1.165, 1.54) is 17.1 Å². The Kier molecular flexibility index (Phi) is 4.78. The van der Waals surface area contributed by atoms with Crippen molar-refractivity contribution in [3.63, 3.8) is 0 Å². The lowest BCUT2D eigenvalue weighted by Gasteiger charge is -2.29. The monoisotopic (exact) mass is 337 g/mol. The van der Waals surface area contributed by atoms with Crippen LogP contribution >= 0.6 is 0 Å². The second-order valence-electron chi connectivity index (χ2n) is 7.15.